The standard InChI is InChI=1S/C60H116O6/c1-6-8-9-10-11-12-13-14-17-21-24-30-35-40-45-50-58(61)64-53-57(54-65-59(62)51-46-41-36-31-27-26-29-34-39-44-49-56(5)7-2)66-60(63)52-47-42-37-32-25-22-19-16-15-18-20-23-28-33-38-43-48-55(3)4/h55-57H,6-54H2,1-5H3/t56?,57-/m0/s1. The van der Waals surface area contributed by atoms with Gasteiger partial charge in [0.15, 0.2) is 6.10 Å². The Hall–Kier alpha value is -1.59. The fourth-order valence-electron chi connectivity index (χ4n) is 9.20. The number of hydrogen-bond donors (Lipinski definition) is 0. The molecule has 0 radical (unpaired) electrons. The second-order valence-electron chi connectivity index (χ2n) is 21.4. The maximum atomic E-state index is 12.9. The summed E-state index contributed by atoms with van der Waals surface area (Å²) in [6.45, 7) is 11.5. The van der Waals surface area contributed by atoms with E-state index in [4.69, 9.17) is 14.2 Å². The summed E-state index contributed by atoms with van der Waals surface area (Å²) in [7, 11) is 0. The minimum absolute atomic E-state index is 0.0625. The van der Waals surface area contributed by atoms with E-state index in [9.17, 15) is 14.4 Å². The number of unbranched alkanes of at least 4 members (excludes halogenated alkanes) is 38. The zero-order valence-corrected chi connectivity index (χ0v) is 45.3. The predicted octanol–water partition coefficient (Wildman–Crippen LogP) is 19.7. The van der Waals surface area contributed by atoms with Crippen LogP contribution in [0.25, 0.3) is 0 Å². The van der Waals surface area contributed by atoms with E-state index in [2.05, 4.69) is 34.6 Å². The first-order chi connectivity index (χ1) is 32.3. The van der Waals surface area contributed by atoms with E-state index in [0.29, 0.717) is 19.3 Å². The molecule has 392 valence electrons. The number of carbonyl (C=O) groups excluding carboxylic acids is 3. The molecule has 0 saturated carbocycles. The second kappa shape index (κ2) is 52.8. The number of esters is 3. The Balaban J connectivity index is 4.29. The lowest BCUT2D eigenvalue weighted by atomic mass is 9.99. The molecule has 2 atom stereocenters. The van der Waals surface area contributed by atoms with Gasteiger partial charge in [-0.1, -0.05) is 298 Å². The van der Waals surface area contributed by atoms with E-state index in [-0.39, 0.29) is 31.1 Å². The van der Waals surface area contributed by atoms with Gasteiger partial charge < -0.3 is 14.2 Å². The predicted molar refractivity (Wildman–Crippen MR) is 284 cm³/mol. The van der Waals surface area contributed by atoms with Gasteiger partial charge in [-0.3, -0.25) is 14.4 Å². The molecule has 0 aromatic heterocycles. The van der Waals surface area contributed by atoms with Crippen molar-refractivity contribution in [2.24, 2.45) is 11.8 Å². The first-order valence-corrected chi connectivity index (χ1v) is 29.8. The maximum Gasteiger partial charge on any atom is 0.306 e. The zero-order chi connectivity index (χ0) is 48.2. The molecule has 66 heavy (non-hydrogen) atoms. The van der Waals surface area contributed by atoms with Crippen molar-refractivity contribution in [3.63, 3.8) is 0 Å². The molecule has 0 bridgehead atoms. The molecule has 6 nitrogen and oxygen atoms in total. The highest BCUT2D eigenvalue weighted by atomic mass is 16.6. The molecule has 0 fully saturated rings. The van der Waals surface area contributed by atoms with Crippen LogP contribution in [-0.2, 0) is 28.6 Å². The Morgan fingerprint density at radius 2 is 0.576 bits per heavy atom. The molecule has 0 spiro atoms. The fourth-order valence-corrected chi connectivity index (χ4v) is 9.20. The molecule has 6 heteroatoms. The number of hydrogen-bond acceptors (Lipinski definition) is 6. The summed E-state index contributed by atoms with van der Waals surface area (Å²) >= 11 is 0. The van der Waals surface area contributed by atoms with E-state index in [1.807, 2.05) is 0 Å². The molecule has 0 aliphatic rings. The van der Waals surface area contributed by atoms with Crippen molar-refractivity contribution < 1.29 is 28.6 Å². The molecule has 0 aromatic rings. The highest BCUT2D eigenvalue weighted by Crippen LogP contribution is 2.19. The Bertz CT molecular complexity index is 1010. The summed E-state index contributed by atoms with van der Waals surface area (Å²) in [4.78, 5) is 38.2. The van der Waals surface area contributed by atoms with Gasteiger partial charge in [0.05, 0.1) is 0 Å². The molecule has 0 saturated heterocycles. The van der Waals surface area contributed by atoms with E-state index in [0.717, 1.165) is 69.6 Å². The maximum absolute atomic E-state index is 12.9. The van der Waals surface area contributed by atoms with Crippen LogP contribution in [0.2, 0.25) is 0 Å². The average molecular weight is 934 g/mol. The monoisotopic (exact) mass is 933 g/mol. The topological polar surface area (TPSA) is 78.9 Å². The minimum Gasteiger partial charge on any atom is -0.462 e. The molecule has 0 heterocycles. The molecular formula is C60H116O6. The smallest absolute Gasteiger partial charge is 0.306 e. The third kappa shape index (κ3) is 51.8. The van der Waals surface area contributed by atoms with Crippen molar-refractivity contribution in [2.75, 3.05) is 13.2 Å². The summed E-state index contributed by atoms with van der Waals surface area (Å²) < 4.78 is 16.9. The molecule has 0 aliphatic heterocycles. The molecule has 0 N–H and O–H groups in total. The lowest BCUT2D eigenvalue weighted by Crippen LogP contribution is -2.30. The molecule has 0 amide bonds. The molecule has 0 aliphatic carbocycles. The van der Waals surface area contributed by atoms with Gasteiger partial charge in [-0.25, -0.2) is 0 Å². The van der Waals surface area contributed by atoms with Gasteiger partial charge in [0.2, 0.25) is 0 Å². The highest BCUT2D eigenvalue weighted by molar-refractivity contribution is 5.71. The Morgan fingerprint density at radius 1 is 0.318 bits per heavy atom. The number of rotatable bonds is 54. The normalized spacial score (nSPS) is 12.5. The van der Waals surface area contributed by atoms with Gasteiger partial charge in [0.25, 0.3) is 0 Å². The van der Waals surface area contributed by atoms with Gasteiger partial charge in [-0.2, -0.15) is 0 Å². The summed E-state index contributed by atoms with van der Waals surface area (Å²) in [5.41, 5.74) is 0. The van der Waals surface area contributed by atoms with Gasteiger partial charge in [0, 0.05) is 19.3 Å². The molecule has 0 aromatic carbocycles. The van der Waals surface area contributed by atoms with Gasteiger partial charge in [-0.15, -0.1) is 0 Å². The summed E-state index contributed by atoms with van der Waals surface area (Å²) in [6, 6.07) is 0. The Labute approximate surface area is 412 Å². The van der Waals surface area contributed by atoms with Crippen molar-refractivity contribution in [1.29, 1.82) is 0 Å². The molecule has 1 unspecified atom stereocenters. The van der Waals surface area contributed by atoms with Crippen LogP contribution in [0.4, 0.5) is 0 Å². The van der Waals surface area contributed by atoms with Crippen LogP contribution in [0, 0.1) is 11.8 Å². The van der Waals surface area contributed by atoms with Gasteiger partial charge in [-0.05, 0) is 31.1 Å². The third-order valence-electron chi connectivity index (χ3n) is 14.1. The second-order valence-corrected chi connectivity index (χ2v) is 21.4. The van der Waals surface area contributed by atoms with Crippen molar-refractivity contribution in [2.45, 2.75) is 343 Å². The van der Waals surface area contributed by atoms with E-state index >= 15 is 0 Å². The SMILES string of the molecule is CCCCCCCCCCCCCCCCCC(=O)OC[C@@H](COC(=O)CCCCCCCCCCCCC(C)CC)OC(=O)CCCCCCCCCCCCCCCCCCC(C)C. The van der Waals surface area contributed by atoms with Crippen LogP contribution in [-0.4, -0.2) is 37.2 Å². The van der Waals surface area contributed by atoms with Crippen molar-refractivity contribution in [3.8, 4) is 0 Å². The first kappa shape index (κ1) is 64.4. The third-order valence-corrected chi connectivity index (χ3v) is 14.1. The summed E-state index contributed by atoms with van der Waals surface area (Å²) in [5.74, 6) is 0.884. The summed E-state index contributed by atoms with van der Waals surface area (Å²) in [6.07, 6.45) is 56.6. The Morgan fingerprint density at radius 3 is 0.864 bits per heavy atom. The van der Waals surface area contributed by atoms with E-state index in [1.54, 1.807) is 0 Å². The van der Waals surface area contributed by atoms with E-state index in [1.165, 1.54) is 225 Å². The van der Waals surface area contributed by atoms with Crippen LogP contribution in [0.3, 0.4) is 0 Å². The average Bonchev–Trinajstić information content (AvgIpc) is 3.30. The lowest BCUT2D eigenvalue weighted by molar-refractivity contribution is -0.167. The largest absolute Gasteiger partial charge is 0.462 e. The fraction of sp³-hybridized carbons (Fsp3) is 0.950. The van der Waals surface area contributed by atoms with Gasteiger partial charge in [0.1, 0.15) is 13.2 Å². The highest BCUT2D eigenvalue weighted by Gasteiger charge is 2.19. The van der Waals surface area contributed by atoms with Crippen LogP contribution in [0.1, 0.15) is 336 Å². The van der Waals surface area contributed by atoms with E-state index < -0.39 is 6.10 Å². The lowest BCUT2D eigenvalue weighted by Gasteiger charge is -2.18. The van der Waals surface area contributed by atoms with Crippen molar-refractivity contribution in [3.05, 3.63) is 0 Å². The quantitative estimate of drug-likeness (QED) is 0.0343. The summed E-state index contributed by atoms with van der Waals surface area (Å²) in [5, 5.41) is 0. The first-order valence-electron chi connectivity index (χ1n) is 29.8. The van der Waals surface area contributed by atoms with Gasteiger partial charge >= 0.3 is 17.9 Å². The van der Waals surface area contributed by atoms with Crippen LogP contribution >= 0.6 is 0 Å². The molecular weight excluding hydrogens is 817 g/mol. The Kier molecular flexibility index (Phi) is 51.5. The van der Waals surface area contributed by atoms with Crippen LogP contribution in [0.5, 0.6) is 0 Å². The van der Waals surface area contributed by atoms with Crippen molar-refractivity contribution in [1.82, 2.24) is 0 Å². The minimum atomic E-state index is -0.763. The number of ether oxygens (including phenoxy) is 3. The number of carbonyl (C=O) groups is 3. The van der Waals surface area contributed by atoms with Crippen LogP contribution in [0.15, 0.2) is 0 Å². The molecule has 0 rings (SSSR count). The van der Waals surface area contributed by atoms with Crippen molar-refractivity contribution >= 4 is 17.9 Å². The zero-order valence-electron chi connectivity index (χ0n) is 45.3. The van der Waals surface area contributed by atoms with Crippen LogP contribution < -0.4 is 0 Å².